The topological polar surface area (TPSA) is 41.6 Å². The lowest BCUT2D eigenvalue weighted by Gasteiger charge is -2.32. The molecule has 1 saturated heterocycles. The van der Waals surface area contributed by atoms with Crippen LogP contribution in [0, 0.1) is 12.7 Å². The molecule has 1 N–H and O–H groups in total. The van der Waals surface area contributed by atoms with Gasteiger partial charge in [-0.3, -0.25) is 9.69 Å². The summed E-state index contributed by atoms with van der Waals surface area (Å²) in [6, 6.07) is 4.53. The van der Waals surface area contributed by atoms with Crippen molar-refractivity contribution >= 4 is 5.91 Å². The first-order chi connectivity index (χ1) is 9.60. The average molecular weight is 280 g/mol. The van der Waals surface area contributed by atoms with E-state index in [2.05, 4.69) is 17.1 Å². The molecule has 1 unspecified atom stereocenters. The molecule has 0 saturated carbocycles. The zero-order chi connectivity index (χ0) is 14.5. The Morgan fingerprint density at radius 3 is 3.10 bits per heavy atom. The SMILES string of the molecule is CCN1CCOC(CNC(=O)c2cc(C)ccc2F)C1. The minimum atomic E-state index is -0.493. The first-order valence-electron chi connectivity index (χ1n) is 6.98. The zero-order valence-electron chi connectivity index (χ0n) is 12.0. The molecule has 1 heterocycles. The lowest BCUT2D eigenvalue weighted by molar-refractivity contribution is -0.0246. The number of morpholine rings is 1. The van der Waals surface area contributed by atoms with E-state index in [4.69, 9.17) is 4.74 Å². The van der Waals surface area contributed by atoms with E-state index < -0.39 is 5.82 Å². The van der Waals surface area contributed by atoms with E-state index in [0.29, 0.717) is 13.2 Å². The Labute approximate surface area is 118 Å². The van der Waals surface area contributed by atoms with Crippen LogP contribution in [0.15, 0.2) is 18.2 Å². The fourth-order valence-corrected chi connectivity index (χ4v) is 2.31. The minimum absolute atomic E-state index is 0.0273. The summed E-state index contributed by atoms with van der Waals surface area (Å²) in [5.41, 5.74) is 0.954. The van der Waals surface area contributed by atoms with Crippen LogP contribution in [0.5, 0.6) is 0 Å². The molecule has 1 aliphatic rings. The van der Waals surface area contributed by atoms with Crippen LogP contribution in [0.4, 0.5) is 4.39 Å². The summed E-state index contributed by atoms with van der Waals surface area (Å²) in [4.78, 5) is 14.3. The Balaban J connectivity index is 1.90. The molecule has 1 fully saturated rings. The lowest BCUT2D eigenvalue weighted by Crippen LogP contribution is -2.47. The van der Waals surface area contributed by atoms with E-state index in [0.717, 1.165) is 25.2 Å². The lowest BCUT2D eigenvalue weighted by atomic mass is 10.1. The van der Waals surface area contributed by atoms with E-state index in [1.54, 1.807) is 12.1 Å². The van der Waals surface area contributed by atoms with Gasteiger partial charge in [-0.2, -0.15) is 0 Å². The van der Waals surface area contributed by atoms with Gasteiger partial charge < -0.3 is 10.1 Å². The van der Waals surface area contributed by atoms with Crippen molar-refractivity contribution in [2.75, 3.05) is 32.8 Å². The van der Waals surface area contributed by atoms with Crippen LogP contribution in [0.2, 0.25) is 0 Å². The van der Waals surface area contributed by atoms with Gasteiger partial charge in [0, 0.05) is 19.6 Å². The summed E-state index contributed by atoms with van der Waals surface area (Å²) in [6.45, 7) is 7.71. The Morgan fingerprint density at radius 2 is 2.35 bits per heavy atom. The highest BCUT2D eigenvalue weighted by Crippen LogP contribution is 2.10. The highest BCUT2D eigenvalue weighted by molar-refractivity contribution is 5.94. The third-order valence-electron chi connectivity index (χ3n) is 3.53. The van der Waals surface area contributed by atoms with Crippen LogP contribution in [0.25, 0.3) is 0 Å². The number of amides is 1. The van der Waals surface area contributed by atoms with Gasteiger partial charge in [0.2, 0.25) is 0 Å². The van der Waals surface area contributed by atoms with Crippen molar-refractivity contribution in [2.45, 2.75) is 20.0 Å². The van der Waals surface area contributed by atoms with Gasteiger partial charge in [-0.05, 0) is 25.6 Å². The smallest absolute Gasteiger partial charge is 0.254 e. The third kappa shape index (κ3) is 3.77. The normalized spacial score (nSPS) is 19.9. The molecule has 1 aromatic rings. The van der Waals surface area contributed by atoms with Gasteiger partial charge in [0.15, 0.2) is 0 Å². The van der Waals surface area contributed by atoms with Crippen LogP contribution < -0.4 is 5.32 Å². The first-order valence-corrected chi connectivity index (χ1v) is 6.98. The molecule has 4 nitrogen and oxygen atoms in total. The van der Waals surface area contributed by atoms with Crippen molar-refractivity contribution in [1.29, 1.82) is 0 Å². The van der Waals surface area contributed by atoms with Gasteiger partial charge in [-0.1, -0.05) is 18.6 Å². The number of carbonyl (C=O) groups is 1. The highest BCUT2D eigenvalue weighted by atomic mass is 19.1. The molecule has 110 valence electrons. The molecule has 1 aromatic carbocycles. The number of aryl methyl sites for hydroxylation is 1. The number of likely N-dealkylation sites (N-methyl/N-ethyl adjacent to an activating group) is 1. The molecule has 0 aromatic heterocycles. The van der Waals surface area contributed by atoms with E-state index in [1.807, 2.05) is 6.92 Å². The van der Waals surface area contributed by atoms with Gasteiger partial charge in [-0.25, -0.2) is 4.39 Å². The van der Waals surface area contributed by atoms with Gasteiger partial charge in [0.25, 0.3) is 5.91 Å². The van der Waals surface area contributed by atoms with Crippen molar-refractivity contribution in [1.82, 2.24) is 10.2 Å². The van der Waals surface area contributed by atoms with E-state index in [1.165, 1.54) is 6.07 Å². The predicted molar refractivity (Wildman–Crippen MR) is 75.3 cm³/mol. The molecule has 1 aliphatic heterocycles. The molecule has 0 aliphatic carbocycles. The quantitative estimate of drug-likeness (QED) is 0.910. The van der Waals surface area contributed by atoms with Crippen molar-refractivity contribution in [3.05, 3.63) is 35.1 Å². The number of hydrogen-bond acceptors (Lipinski definition) is 3. The van der Waals surface area contributed by atoms with E-state index in [-0.39, 0.29) is 17.6 Å². The van der Waals surface area contributed by atoms with Crippen LogP contribution in [-0.4, -0.2) is 49.7 Å². The van der Waals surface area contributed by atoms with Gasteiger partial charge in [-0.15, -0.1) is 0 Å². The minimum Gasteiger partial charge on any atom is -0.374 e. The number of halogens is 1. The second kappa shape index (κ2) is 6.81. The zero-order valence-corrected chi connectivity index (χ0v) is 12.0. The summed E-state index contributed by atoms with van der Waals surface area (Å²) in [7, 11) is 0. The molecule has 0 radical (unpaired) electrons. The van der Waals surface area contributed by atoms with Crippen molar-refractivity contribution in [2.24, 2.45) is 0 Å². The number of nitrogens with zero attached hydrogens (tertiary/aromatic N) is 1. The molecule has 1 atom stereocenters. The molecular weight excluding hydrogens is 259 g/mol. The van der Waals surface area contributed by atoms with Crippen molar-refractivity contribution in [3.8, 4) is 0 Å². The maximum atomic E-state index is 13.6. The maximum Gasteiger partial charge on any atom is 0.254 e. The standard InChI is InChI=1S/C15H21FN2O2/c1-3-18-6-7-20-12(10-18)9-17-15(19)13-8-11(2)4-5-14(13)16/h4-5,8,12H,3,6-7,9-10H2,1-2H3,(H,17,19). The number of nitrogens with one attached hydrogen (secondary N) is 1. The molecule has 2 rings (SSSR count). The number of benzene rings is 1. The summed E-state index contributed by atoms with van der Waals surface area (Å²) in [5, 5.41) is 2.75. The van der Waals surface area contributed by atoms with Crippen molar-refractivity contribution < 1.29 is 13.9 Å². The Kier molecular flexibility index (Phi) is 5.09. The van der Waals surface area contributed by atoms with Crippen LogP contribution >= 0.6 is 0 Å². The fraction of sp³-hybridized carbons (Fsp3) is 0.533. The summed E-state index contributed by atoms with van der Waals surface area (Å²) >= 11 is 0. The van der Waals surface area contributed by atoms with Crippen molar-refractivity contribution in [3.63, 3.8) is 0 Å². The summed E-state index contributed by atoms with van der Waals surface area (Å²) < 4.78 is 19.2. The predicted octanol–water partition coefficient (Wildman–Crippen LogP) is 1.58. The number of rotatable bonds is 4. The number of hydrogen-bond donors (Lipinski definition) is 1. The van der Waals surface area contributed by atoms with Crippen LogP contribution in [-0.2, 0) is 4.74 Å². The third-order valence-corrected chi connectivity index (χ3v) is 3.53. The summed E-state index contributed by atoms with van der Waals surface area (Å²) in [5.74, 6) is -0.878. The molecular formula is C15H21FN2O2. The number of carbonyl (C=O) groups excluding carboxylic acids is 1. The molecule has 20 heavy (non-hydrogen) atoms. The monoisotopic (exact) mass is 280 g/mol. The Hall–Kier alpha value is -1.46. The largest absolute Gasteiger partial charge is 0.374 e. The van der Waals surface area contributed by atoms with E-state index in [9.17, 15) is 9.18 Å². The van der Waals surface area contributed by atoms with Crippen LogP contribution in [0.3, 0.4) is 0 Å². The maximum absolute atomic E-state index is 13.6. The number of ether oxygens (including phenoxy) is 1. The van der Waals surface area contributed by atoms with Crippen LogP contribution in [0.1, 0.15) is 22.8 Å². The van der Waals surface area contributed by atoms with Gasteiger partial charge >= 0.3 is 0 Å². The van der Waals surface area contributed by atoms with Gasteiger partial charge in [0.05, 0.1) is 18.3 Å². The summed E-state index contributed by atoms with van der Waals surface area (Å²) in [6.07, 6.45) is -0.0273. The van der Waals surface area contributed by atoms with E-state index >= 15 is 0 Å². The van der Waals surface area contributed by atoms with Gasteiger partial charge in [0.1, 0.15) is 5.82 Å². The Bertz CT molecular complexity index is 479. The Morgan fingerprint density at radius 1 is 1.55 bits per heavy atom. The fourth-order valence-electron chi connectivity index (χ4n) is 2.31. The average Bonchev–Trinajstić information content (AvgIpc) is 2.47. The second-order valence-electron chi connectivity index (χ2n) is 5.08. The molecule has 0 spiro atoms. The second-order valence-corrected chi connectivity index (χ2v) is 5.08. The molecule has 5 heteroatoms. The molecule has 1 amide bonds. The molecule has 0 bridgehead atoms. The highest BCUT2D eigenvalue weighted by Gasteiger charge is 2.20. The first kappa shape index (κ1) is 14.9.